The second-order valence-electron chi connectivity index (χ2n) is 7.46. The van der Waals surface area contributed by atoms with Crippen LogP contribution in [0.5, 0.6) is 0 Å². The van der Waals surface area contributed by atoms with Crippen LogP contribution in [0.1, 0.15) is 67.4 Å². The average Bonchev–Trinajstić information content (AvgIpc) is 2.68. The maximum Gasteiger partial charge on any atom is 0.330 e. The van der Waals surface area contributed by atoms with Gasteiger partial charge in [0.25, 0.3) is 11.5 Å². The number of nitrogens with two attached hydrogens (primary N) is 1. The summed E-state index contributed by atoms with van der Waals surface area (Å²) in [5.41, 5.74) is 7.71. The zero-order valence-electron chi connectivity index (χ0n) is 17.9. The van der Waals surface area contributed by atoms with Crippen LogP contribution >= 0.6 is 0 Å². The molecule has 0 bridgehead atoms. The van der Waals surface area contributed by atoms with Crippen LogP contribution in [0.15, 0.2) is 27.8 Å². The lowest BCUT2D eigenvalue weighted by atomic mass is 10.1. The minimum absolute atomic E-state index is 0.0425. The molecule has 0 radical (unpaired) electrons. The number of carbonyl (C=O) groups is 1. The number of unbranched alkanes of at least 4 members (excludes halogenated alkanes) is 3. The van der Waals surface area contributed by atoms with E-state index in [4.69, 9.17) is 5.73 Å². The number of hydrogen-bond acceptors (Lipinski definition) is 4. The first-order chi connectivity index (χ1) is 13.8. The van der Waals surface area contributed by atoms with Crippen LogP contribution < -0.4 is 21.9 Å². The summed E-state index contributed by atoms with van der Waals surface area (Å²) in [6.45, 7) is 8.76. The Hall–Kier alpha value is -2.83. The van der Waals surface area contributed by atoms with Crippen molar-refractivity contribution in [1.29, 1.82) is 0 Å². The third-order valence-corrected chi connectivity index (χ3v) is 5.20. The van der Waals surface area contributed by atoms with Crippen molar-refractivity contribution in [2.45, 2.75) is 66.3 Å². The van der Waals surface area contributed by atoms with Gasteiger partial charge in [-0.05, 0) is 49.9 Å². The number of rotatable bonds is 9. The van der Waals surface area contributed by atoms with Gasteiger partial charge in [-0.15, -0.1) is 0 Å². The lowest BCUT2D eigenvalue weighted by Gasteiger charge is -2.25. The highest BCUT2D eigenvalue weighted by molar-refractivity contribution is 6.07. The van der Waals surface area contributed by atoms with E-state index >= 15 is 0 Å². The number of nitrogens with one attached hydrogen (secondary N) is 1. The minimum atomic E-state index is -0.631. The summed E-state index contributed by atoms with van der Waals surface area (Å²) in [5, 5.41) is 0. The molecule has 0 saturated carbocycles. The molecule has 0 aliphatic carbocycles. The van der Waals surface area contributed by atoms with Crippen LogP contribution in [0.25, 0.3) is 0 Å². The Kier molecular flexibility index (Phi) is 7.82. The van der Waals surface area contributed by atoms with E-state index in [1.165, 1.54) is 9.47 Å². The van der Waals surface area contributed by atoms with Crippen molar-refractivity contribution in [3.8, 4) is 0 Å². The number of hydrogen-bond donors (Lipinski definition) is 2. The summed E-state index contributed by atoms with van der Waals surface area (Å²) in [6.07, 6.45) is 4.26. The molecule has 1 heterocycles. The number of amides is 1. The predicted octanol–water partition coefficient (Wildman–Crippen LogP) is 3.37. The van der Waals surface area contributed by atoms with Crippen molar-refractivity contribution in [2.75, 3.05) is 17.2 Å². The van der Waals surface area contributed by atoms with E-state index in [0.717, 1.165) is 43.2 Å². The normalized spacial score (nSPS) is 10.9. The Balaban J connectivity index is 2.57. The first kappa shape index (κ1) is 22.5. The van der Waals surface area contributed by atoms with Crippen molar-refractivity contribution in [1.82, 2.24) is 9.55 Å². The number of carbonyl (C=O) groups excluding carboxylic acids is 1. The van der Waals surface area contributed by atoms with Crippen LogP contribution in [0.3, 0.4) is 0 Å². The molecular weight excluding hydrogens is 368 g/mol. The van der Waals surface area contributed by atoms with E-state index in [0.29, 0.717) is 18.7 Å². The molecule has 1 aromatic heterocycles. The molecule has 0 unspecified atom stereocenters. The highest BCUT2D eigenvalue weighted by Gasteiger charge is 2.25. The fourth-order valence-electron chi connectivity index (χ4n) is 3.24. The molecule has 7 heteroatoms. The van der Waals surface area contributed by atoms with E-state index in [9.17, 15) is 14.4 Å². The SMILES string of the molecule is CCCCCN(C(=O)c1ccc(C)c(C)c1)c1c(N)n(CCCC)c(=O)[nH]c1=O. The molecule has 0 spiro atoms. The largest absolute Gasteiger partial charge is 0.383 e. The molecule has 3 N–H and O–H groups in total. The molecule has 158 valence electrons. The maximum atomic E-state index is 13.3. The van der Waals surface area contributed by atoms with Gasteiger partial charge in [-0.2, -0.15) is 0 Å². The van der Waals surface area contributed by atoms with E-state index in [1.54, 1.807) is 6.07 Å². The summed E-state index contributed by atoms with van der Waals surface area (Å²) in [7, 11) is 0. The lowest BCUT2D eigenvalue weighted by molar-refractivity contribution is 0.0986. The minimum Gasteiger partial charge on any atom is -0.383 e. The van der Waals surface area contributed by atoms with E-state index in [1.807, 2.05) is 32.9 Å². The Morgan fingerprint density at radius 2 is 1.76 bits per heavy atom. The standard InChI is InChI=1S/C22H32N4O3/c1-5-7-9-13-25(21(28)17-11-10-15(3)16(4)14-17)18-19(23)26(12-8-6-2)22(29)24-20(18)27/h10-11,14H,5-9,12-13,23H2,1-4H3,(H,24,27,29). The number of anilines is 2. The molecule has 0 aliphatic rings. The molecule has 0 atom stereocenters. The molecule has 0 aliphatic heterocycles. The molecule has 1 aromatic carbocycles. The zero-order valence-corrected chi connectivity index (χ0v) is 17.9. The summed E-state index contributed by atoms with van der Waals surface area (Å²) in [5.74, 6) is -0.247. The van der Waals surface area contributed by atoms with Gasteiger partial charge in [0.1, 0.15) is 5.82 Å². The zero-order chi connectivity index (χ0) is 21.6. The van der Waals surface area contributed by atoms with Crippen molar-refractivity contribution >= 4 is 17.4 Å². The van der Waals surface area contributed by atoms with Gasteiger partial charge in [0, 0.05) is 18.7 Å². The number of benzene rings is 1. The maximum absolute atomic E-state index is 13.3. The number of aromatic nitrogens is 2. The average molecular weight is 401 g/mol. The number of nitrogen functional groups attached to an aromatic ring is 1. The van der Waals surface area contributed by atoms with Gasteiger partial charge in [-0.3, -0.25) is 19.1 Å². The van der Waals surface area contributed by atoms with Crippen molar-refractivity contribution < 1.29 is 4.79 Å². The Morgan fingerprint density at radius 1 is 1.07 bits per heavy atom. The second kappa shape index (κ2) is 10.1. The van der Waals surface area contributed by atoms with Crippen molar-refractivity contribution in [3.63, 3.8) is 0 Å². The van der Waals surface area contributed by atoms with Gasteiger partial charge >= 0.3 is 5.69 Å². The molecule has 7 nitrogen and oxygen atoms in total. The fraction of sp³-hybridized carbons (Fsp3) is 0.500. The van der Waals surface area contributed by atoms with E-state index < -0.39 is 11.2 Å². The summed E-state index contributed by atoms with van der Waals surface area (Å²) >= 11 is 0. The van der Waals surface area contributed by atoms with Crippen LogP contribution in [-0.2, 0) is 6.54 Å². The number of aryl methyl sites for hydroxylation is 2. The van der Waals surface area contributed by atoms with Crippen molar-refractivity contribution in [3.05, 3.63) is 55.7 Å². The smallest absolute Gasteiger partial charge is 0.330 e. The summed E-state index contributed by atoms with van der Waals surface area (Å²) < 4.78 is 1.35. The molecular formula is C22H32N4O3. The van der Waals surface area contributed by atoms with Crippen LogP contribution in [-0.4, -0.2) is 22.0 Å². The number of aromatic amines is 1. The van der Waals surface area contributed by atoms with Crippen LogP contribution in [0, 0.1) is 13.8 Å². The molecule has 29 heavy (non-hydrogen) atoms. The quantitative estimate of drug-likeness (QED) is 0.630. The molecule has 2 aromatic rings. The molecule has 1 amide bonds. The first-order valence-corrected chi connectivity index (χ1v) is 10.3. The number of nitrogens with zero attached hydrogens (tertiary/aromatic N) is 2. The summed E-state index contributed by atoms with van der Waals surface area (Å²) in [4.78, 5) is 42.0. The summed E-state index contributed by atoms with van der Waals surface area (Å²) in [6, 6.07) is 5.47. The molecule has 2 rings (SSSR count). The predicted molar refractivity (Wildman–Crippen MR) is 118 cm³/mol. The fourth-order valence-corrected chi connectivity index (χ4v) is 3.24. The Labute approximate surface area is 171 Å². The van der Waals surface area contributed by atoms with Crippen molar-refractivity contribution in [2.24, 2.45) is 0 Å². The highest BCUT2D eigenvalue weighted by Crippen LogP contribution is 2.22. The number of H-pyrrole nitrogens is 1. The van der Waals surface area contributed by atoms with Crippen LogP contribution in [0.4, 0.5) is 11.5 Å². The topological polar surface area (TPSA) is 101 Å². The van der Waals surface area contributed by atoms with E-state index in [-0.39, 0.29) is 17.4 Å². The van der Waals surface area contributed by atoms with E-state index in [2.05, 4.69) is 11.9 Å². The third kappa shape index (κ3) is 5.16. The lowest BCUT2D eigenvalue weighted by Crippen LogP contribution is -2.41. The Morgan fingerprint density at radius 3 is 2.38 bits per heavy atom. The van der Waals surface area contributed by atoms with Gasteiger partial charge in [0.2, 0.25) is 0 Å². The van der Waals surface area contributed by atoms with Gasteiger partial charge in [0.15, 0.2) is 5.69 Å². The monoisotopic (exact) mass is 400 g/mol. The second-order valence-corrected chi connectivity index (χ2v) is 7.46. The van der Waals surface area contributed by atoms with Gasteiger partial charge < -0.3 is 10.6 Å². The third-order valence-electron chi connectivity index (χ3n) is 5.20. The molecule has 0 fully saturated rings. The molecule has 0 saturated heterocycles. The van der Waals surface area contributed by atoms with Crippen LogP contribution in [0.2, 0.25) is 0 Å². The van der Waals surface area contributed by atoms with Gasteiger partial charge in [0.05, 0.1) is 0 Å². The first-order valence-electron chi connectivity index (χ1n) is 10.3. The highest BCUT2D eigenvalue weighted by atomic mass is 16.2. The Bertz CT molecular complexity index is 975. The van der Waals surface area contributed by atoms with Gasteiger partial charge in [-0.25, -0.2) is 4.79 Å². The van der Waals surface area contributed by atoms with Gasteiger partial charge in [-0.1, -0.05) is 39.2 Å².